The molecule has 7 heteroatoms. The lowest BCUT2D eigenvalue weighted by atomic mass is 9.94. The Bertz CT molecular complexity index is 753. The molecule has 1 aliphatic rings. The zero-order valence-corrected chi connectivity index (χ0v) is 19.3. The van der Waals surface area contributed by atoms with Crippen molar-refractivity contribution < 1.29 is 9.53 Å². The van der Waals surface area contributed by atoms with Crippen LogP contribution in [0.15, 0.2) is 54.6 Å². The van der Waals surface area contributed by atoms with Crippen molar-refractivity contribution in [2.45, 2.75) is 31.8 Å². The van der Waals surface area contributed by atoms with Crippen LogP contribution in [-0.2, 0) is 4.79 Å². The molecule has 1 aliphatic heterocycles. The maximum atomic E-state index is 12.8. The number of hydrogen-bond donors (Lipinski definition) is 2. The Morgan fingerprint density at radius 2 is 1.63 bits per heavy atom. The molecule has 1 saturated heterocycles. The number of benzene rings is 2. The van der Waals surface area contributed by atoms with Crippen molar-refractivity contribution in [1.82, 2.24) is 10.2 Å². The van der Waals surface area contributed by atoms with Gasteiger partial charge in [-0.1, -0.05) is 49.4 Å². The smallest absolute Gasteiger partial charge is 0.224 e. The number of carbonyl (C=O) groups is 1. The second-order valence-corrected chi connectivity index (χ2v) is 7.50. The van der Waals surface area contributed by atoms with Crippen LogP contribution in [0.4, 0.5) is 0 Å². The van der Waals surface area contributed by atoms with E-state index in [1.165, 1.54) is 18.4 Å². The Balaban J connectivity index is 0.00000225. The van der Waals surface area contributed by atoms with Crippen LogP contribution in [0, 0.1) is 5.92 Å². The second kappa shape index (κ2) is 12.8. The predicted molar refractivity (Wildman–Crippen MR) is 127 cm³/mol. The number of methoxy groups -OCH3 is 1. The minimum absolute atomic E-state index is 0. The van der Waals surface area contributed by atoms with Gasteiger partial charge in [0.2, 0.25) is 5.91 Å². The van der Waals surface area contributed by atoms with E-state index < -0.39 is 0 Å². The molecular formula is C23H33Cl2N3O2. The topological polar surface area (TPSA) is 67.6 Å². The second-order valence-electron chi connectivity index (χ2n) is 7.50. The van der Waals surface area contributed by atoms with E-state index in [-0.39, 0.29) is 48.7 Å². The summed E-state index contributed by atoms with van der Waals surface area (Å²) < 4.78 is 5.28. The van der Waals surface area contributed by atoms with E-state index in [2.05, 4.69) is 22.3 Å². The van der Waals surface area contributed by atoms with Crippen LogP contribution < -0.4 is 15.8 Å². The van der Waals surface area contributed by atoms with Crippen molar-refractivity contribution >= 4 is 30.7 Å². The standard InChI is InChI=1S/C23H31N3O2.2ClH/c1-17(22(24)19-8-4-3-5-9-19)23(27)25-16-21(26-14-6-7-15-26)18-10-12-20(28-2)13-11-18;;/h3-5,8-13,17,21-22H,6-7,14-16,24H2,1-2H3,(H,25,27);2*1H. The number of rotatable bonds is 8. The fourth-order valence-corrected chi connectivity index (χ4v) is 3.82. The van der Waals surface area contributed by atoms with E-state index in [0.717, 1.165) is 24.4 Å². The highest BCUT2D eigenvalue weighted by Gasteiger charge is 2.26. The molecule has 3 atom stereocenters. The summed E-state index contributed by atoms with van der Waals surface area (Å²) in [5.41, 5.74) is 8.51. The average Bonchev–Trinajstić information content (AvgIpc) is 3.28. The molecule has 3 N–H and O–H groups in total. The van der Waals surface area contributed by atoms with Gasteiger partial charge in [0.15, 0.2) is 0 Å². The third-order valence-corrected chi connectivity index (χ3v) is 5.69. The molecule has 30 heavy (non-hydrogen) atoms. The fraction of sp³-hybridized carbons (Fsp3) is 0.435. The van der Waals surface area contributed by atoms with Gasteiger partial charge in [0.05, 0.1) is 19.1 Å². The van der Waals surface area contributed by atoms with Crippen molar-refractivity contribution in [3.8, 4) is 5.75 Å². The Hall–Kier alpha value is -1.79. The molecule has 1 fully saturated rings. The molecule has 166 valence electrons. The number of halogens is 2. The van der Waals surface area contributed by atoms with Gasteiger partial charge >= 0.3 is 0 Å². The van der Waals surface area contributed by atoms with Gasteiger partial charge in [-0.15, -0.1) is 24.8 Å². The molecule has 3 rings (SSSR count). The Kier molecular flexibility index (Phi) is 11.2. The lowest BCUT2D eigenvalue weighted by molar-refractivity contribution is -0.125. The summed E-state index contributed by atoms with van der Waals surface area (Å²) in [6.07, 6.45) is 2.41. The molecule has 5 nitrogen and oxygen atoms in total. The zero-order chi connectivity index (χ0) is 19.9. The number of amides is 1. The zero-order valence-electron chi connectivity index (χ0n) is 17.6. The Morgan fingerprint density at radius 3 is 2.20 bits per heavy atom. The highest BCUT2D eigenvalue weighted by atomic mass is 35.5. The summed E-state index contributed by atoms with van der Waals surface area (Å²) in [5.74, 6) is 0.543. The molecule has 3 unspecified atom stereocenters. The van der Waals surface area contributed by atoms with Crippen LogP contribution in [0.2, 0.25) is 0 Å². The van der Waals surface area contributed by atoms with Gasteiger partial charge in [0.25, 0.3) is 0 Å². The van der Waals surface area contributed by atoms with Crippen molar-refractivity contribution in [1.29, 1.82) is 0 Å². The van der Waals surface area contributed by atoms with Crippen LogP contribution in [0.1, 0.15) is 43.0 Å². The van der Waals surface area contributed by atoms with Crippen LogP contribution in [0.5, 0.6) is 5.75 Å². The van der Waals surface area contributed by atoms with Gasteiger partial charge in [0.1, 0.15) is 5.75 Å². The van der Waals surface area contributed by atoms with E-state index >= 15 is 0 Å². The van der Waals surface area contributed by atoms with Gasteiger partial charge in [-0.3, -0.25) is 9.69 Å². The number of nitrogens with one attached hydrogen (secondary N) is 1. The van der Waals surface area contributed by atoms with Crippen LogP contribution in [-0.4, -0.2) is 37.6 Å². The summed E-state index contributed by atoms with van der Waals surface area (Å²) in [5, 5.41) is 3.15. The van der Waals surface area contributed by atoms with Crippen molar-refractivity contribution in [3.05, 3.63) is 65.7 Å². The molecule has 2 aromatic carbocycles. The summed E-state index contributed by atoms with van der Waals surface area (Å²) in [7, 11) is 1.67. The summed E-state index contributed by atoms with van der Waals surface area (Å²) in [4.78, 5) is 15.2. The number of likely N-dealkylation sites (tertiary alicyclic amines) is 1. The molecule has 2 aromatic rings. The Labute approximate surface area is 192 Å². The van der Waals surface area contributed by atoms with Crippen molar-refractivity contribution in [2.24, 2.45) is 11.7 Å². The normalized spacial score (nSPS) is 16.5. The maximum absolute atomic E-state index is 12.8. The van der Waals surface area contributed by atoms with E-state index in [1.807, 2.05) is 49.4 Å². The minimum atomic E-state index is -0.313. The number of nitrogens with two attached hydrogens (primary N) is 1. The van der Waals surface area contributed by atoms with Crippen LogP contribution >= 0.6 is 24.8 Å². The summed E-state index contributed by atoms with van der Waals surface area (Å²) >= 11 is 0. The lowest BCUT2D eigenvalue weighted by Crippen LogP contribution is -2.41. The lowest BCUT2D eigenvalue weighted by Gasteiger charge is -2.29. The SMILES string of the molecule is COc1ccc(C(CNC(=O)C(C)C(N)c2ccccc2)N2CCCC2)cc1.Cl.Cl. The minimum Gasteiger partial charge on any atom is -0.497 e. The summed E-state index contributed by atoms with van der Waals surface area (Å²) in [6, 6.07) is 17.8. The van der Waals surface area contributed by atoms with Gasteiger partial charge in [-0.2, -0.15) is 0 Å². The summed E-state index contributed by atoms with van der Waals surface area (Å²) in [6.45, 7) is 4.60. The Morgan fingerprint density at radius 1 is 1.03 bits per heavy atom. The fourth-order valence-electron chi connectivity index (χ4n) is 3.82. The number of carbonyl (C=O) groups excluding carboxylic acids is 1. The highest BCUT2D eigenvalue weighted by Crippen LogP contribution is 2.27. The largest absolute Gasteiger partial charge is 0.497 e. The van der Waals surface area contributed by atoms with Gasteiger partial charge < -0.3 is 15.8 Å². The monoisotopic (exact) mass is 453 g/mol. The predicted octanol–water partition coefficient (Wildman–Crippen LogP) is 4.13. The molecule has 0 radical (unpaired) electrons. The molecule has 1 heterocycles. The third kappa shape index (κ3) is 6.61. The average molecular weight is 454 g/mol. The van der Waals surface area contributed by atoms with Crippen molar-refractivity contribution in [3.63, 3.8) is 0 Å². The first-order valence-corrected chi connectivity index (χ1v) is 10.1. The van der Waals surface area contributed by atoms with E-state index in [0.29, 0.717) is 6.54 Å². The van der Waals surface area contributed by atoms with E-state index in [1.54, 1.807) is 7.11 Å². The van der Waals surface area contributed by atoms with Gasteiger partial charge in [-0.05, 0) is 49.2 Å². The molecule has 0 bridgehead atoms. The number of nitrogens with zero attached hydrogens (tertiary/aromatic N) is 1. The number of ether oxygens (including phenoxy) is 1. The van der Waals surface area contributed by atoms with Crippen LogP contribution in [0.25, 0.3) is 0 Å². The van der Waals surface area contributed by atoms with E-state index in [9.17, 15) is 4.79 Å². The molecule has 0 aromatic heterocycles. The molecule has 0 spiro atoms. The highest BCUT2D eigenvalue weighted by molar-refractivity contribution is 5.85. The van der Waals surface area contributed by atoms with Crippen molar-refractivity contribution in [2.75, 3.05) is 26.7 Å². The number of hydrogen-bond acceptors (Lipinski definition) is 4. The van der Waals surface area contributed by atoms with E-state index in [4.69, 9.17) is 10.5 Å². The maximum Gasteiger partial charge on any atom is 0.224 e. The van der Waals surface area contributed by atoms with Gasteiger partial charge in [0, 0.05) is 12.6 Å². The molecule has 1 amide bonds. The first kappa shape index (κ1) is 26.2. The first-order valence-electron chi connectivity index (χ1n) is 10.1. The molecule has 0 saturated carbocycles. The van der Waals surface area contributed by atoms with Crippen LogP contribution in [0.3, 0.4) is 0 Å². The first-order chi connectivity index (χ1) is 13.6. The quantitative estimate of drug-likeness (QED) is 0.630. The molecule has 0 aliphatic carbocycles. The third-order valence-electron chi connectivity index (χ3n) is 5.69. The van der Waals surface area contributed by atoms with Gasteiger partial charge in [-0.25, -0.2) is 0 Å². The molecular weight excluding hydrogens is 421 g/mol.